The number of hydrogen-bond acceptors (Lipinski definition) is 7. The van der Waals surface area contributed by atoms with Crippen LogP contribution in [0.2, 0.25) is 0 Å². The van der Waals surface area contributed by atoms with Gasteiger partial charge in [0.15, 0.2) is 5.60 Å². The molecular formula is C18H32O7. The Morgan fingerprint density at radius 3 is 1.28 bits per heavy atom. The lowest BCUT2D eigenvalue weighted by Crippen LogP contribution is -2.49. The largest absolute Gasteiger partial charge is 0.463 e. The minimum atomic E-state index is -1.78. The number of carbonyl (C=O) groups excluding carboxylic acids is 3. The average molecular weight is 360 g/mol. The Hall–Kier alpha value is -1.63. The van der Waals surface area contributed by atoms with Crippen LogP contribution in [0, 0.1) is 0 Å². The van der Waals surface area contributed by atoms with Gasteiger partial charge < -0.3 is 18.9 Å². The number of hydrogen-bond donors (Lipinski definition) is 0. The Labute approximate surface area is 150 Å². The number of carbonyl (C=O) groups is 3. The SMILES string of the molecule is CC(C)OC(=O)CC(CC(=O)OC(C)C)(OC(C)C)C(=O)OC(C)C. The fourth-order valence-electron chi connectivity index (χ4n) is 2.19. The van der Waals surface area contributed by atoms with Crippen molar-refractivity contribution in [2.24, 2.45) is 0 Å². The Morgan fingerprint density at radius 1 is 0.640 bits per heavy atom. The lowest BCUT2D eigenvalue weighted by atomic mass is 9.94. The summed E-state index contributed by atoms with van der Waals surface area (Å²) in [6.07, 6.45) is -2.41. The first-order chi connectivity index (χ1) is 11.4. The van der Waals surface area contributed by atoms with E-state index in [1.165, 1.54) is 0 Å². The van der Waals surface area contributed by atoms with E-state index in [9.17, 15) is 14.4 Å². The molecule has 25 heavy (non-hydrogen) atoms. The van der Waals surface area contributed by atoms with E-state index in [4.69, 9.17) is 18.9 Å². The van der Waals surface area contributed by atoms with Crippen LogP contribution in [0.5, 0.6) is 0 Å². The highest BCUT2D eigenvalue weighted by molar-refractivity contribution is 5.90. The third-order valence-corrected chi connectivity index (χ3v) is 2.77. The molecule has 0 aliphatic heterocycles. The van der Waals surface area contributed by atoms with Crippen LogP contribution >= 0.6 is 0 Å². The molecule has 7 heteroatoms. The van der Waals surface area contributed by atoms with E-state index in [1.807, 2.05) is 0 Å². The second-order valence-electron chi connectivity index (χ2n) is 7.05. The van der Waals surface area contributed by atoms with E-state index in [0.29, 0.717) is 0 Å². The number of ether oxygens (including phenoxy) is 4. The van der Waals surface area contributed by atoms with Crippen molar-refractivity contribution in [3.63, 3.8) is 0 Å². The van der Waals surface area contributed by atoms with Gasteiger partial charge in [-0.15, -0.1) is 0 Å². The minimum absolute atomic E-state index is 0.354. The molecule has 0 amide bonds. The molecule has 0 saturated carbocycles. The Kier molecular flexibility index (Phi) is 9.70. The normalized spacial score (nSPS) is 12.0. The zero-order chi connectivity index (χ0) is 19.8. The zero-order valence-corrected chi connectivity index (χ0v) is 16.6. The molecule has 7 nitrogen and oxygen atoms in total. The minimum Gasteiger partial charge on any atom is -0.463 e. The monoisotopic (exact) mass is 360 g/mol. The maximum Gasteiger partial charge on any atom is 0.339 e. The molecule has 0 aromatic carbocycles. The fraction of sp³-hybridized carbons (Fsp3) is 0.833. The number of esters is 3. The van der Waals surface area contributed by atoms with Crippen LogP contribution in [0.15, 0.2) is 0 Å². The van der Waals surface area contributed by atoms with Crippen molar-refractivity contribution in [1.82, 2.24) is 0 Å². The summed E-state index contributed by atoms with van der Waals surface area (Å²) in [6.45, 7) is 13.6. The smallest absolute Gasteiger partial charge is 0.339 e. The molecule has 0 aliphatic carbocycles. The van der Waals surface area contributed by atoms with Crippen molar-refractivity contribution in [2.45, 2.75) is 98.2 Å². The predicted octanol–water partition coefficient (Wildman–Crippen LogP) is 2.79. The van der Waals surface area contributed by atoms with E-state index in [-0.39, 0.29) is 12.2 Å². The molecule has 0 aromatic rings. The van der Waals surface area contributed by atoms with Crippen LogP contribution in [0.25, 0.3) is 0 Å². The summed E-state index contributed by atoms with van der Waals surface area (Å²) in [5, 5.41) is 0. The van der Waals surface area contributed by atoms with Crippen molar-refractivity contribution in [3.05, 3.63) is 0 Å². The van der Waals surface area contributed by atoms with Crippen LogP contribution in [-0.4, -0.2) is 47.9 Å². The highest BCUT2D eigenvalue weighted by Gasteiger charge is 2.47. The summed E-state index contributed by atoms with van der Waals surface area (Å²) in [5.41, 5.74) is -1.78. The molecule has 0 spiro atoms. The van der Waals surface area contributed by atoms with Crippen LogP contribution in [0.4, 0.5) is 0 Å². The van der Waals surface area contributed by atoms with E-state index in [0.717, 1.165) is 0 Å². The lowest BCUT2D eigenvalue weighted by molar-refractivity contribution is -0.195. The molecule has 0 radical (unpaired) electrons. The summed E-state index contributed by atoms with van der Waals surface area (Å²) < 4.78 is 21.2. The van der Waals surface area contributed by atoms with Crippen molar-refractivity contribution in [2.75, 3.05) is 0 Å². The van der Waals surface area contributed by atoms with Gasteiger partial charge in [-0.05, 0) is 55.4 Å². The van der Waals surface area contributed by atoms with Crippen molar-refractivity contribution in [1.29, 1.82) is 0 Å². The molecule has 0 saturated heterocycles. The van der Waals surface area contributed by atoms with Gasteiger partial charge in [0.05, 0.1) is 37.3 Å². The molecular weight excluding hydrogens is 328 g/mol. The fourth-order valence-corrected chi connectivity index (χ4v) is 2.19. The van der Waals surface area contributed by atoms with E-state index >= 15 is 0 Å². The van der Waals surface area contributed by atoms with Crippen LogP contribution in [0.1, 0.15) is 68.2 Å². The first kappa shape index (κ1) is 23.4. The molecule has 0 fully saturated rings. The Balaban J connectivity index is 5.66. The Morgan fingerprint density at radius 2 is 1.00 bits per heavy atom. The first-order valence-corrected chi connectivity index (χ1v) is 8.65. The van der Waals surface area contributed by atoms with Crippen LogP contribution in [-0.2, 0) is 33.3 Å². The third kappa shape index (κ3) is 9.43. The second kappa shape index (κ2) is 10.4. The molecule has 0 aromatic heterocycles. The molecule has 0 bridgehead atoms. The summed E-state index contributed by atoms with van der Waals surface area (Å²) in [7, 11) is 0. The van der Waals surface area contributed by atoms with E-state index < -0.39 is 48.6 Å². The Bertz CT molecular complexity index is 428. The second-order valence-corrected chi connectivity index (χ2v) is 7.05. The summed E-state index contributed by atoms with van der Waals surface area (Å²) in [4.78, 5) is 37.1. The van der Waals surface area contributed by atoms with Gasteiger partial charge in [-0.1, -0.05) is 0 Å². The molecule has 0 unspecified atom stereocenters. The molecule has 0 aliphatic rings. The quantitative estimate of drug-likeness (QED) is 0.437. The summed E-state index contributed by atoms with van der Waals surface area (Å²) in [6, 6.07) is 0. The van der Waals surface area contributed by atoms with Gasteiger partial charge in [0.25, 0.3) is 0 Å². The van der Waals surface area contributed by atoms with Gasteiger partial charge in [0.2, 0.25) is 0 Å². The molecule has 0 N–H and O–H groups in total. The van der Waals surface area contributed by atoms with Gasteiger partial charge in [0.1, 0.15) is 0 Å². The topological polar surface area (TPSA) is 88.1 Å². The molecule has 0 rings (SSSR count). The van der Waals surface area contributed by atoms with Gasteiger partial charge in [-0.3, -0.25) is 9.59 Å². The van der Waals surface area contributed by atoms with Gasteiger partial charge in [-0.2, -0.15) is 0 Å². The third-order valence-electron chi connectivity index (χ3n) is 2.77. The van der Waals surface area contributed by atoms with Crippen molar-refractivity contribution in [3.8, 4) is 0 Å². The zero-order valence-electron chi connectivity index (χ0n) is 16.6. The van der Waals surface area contributed by atoms with E-state index in [1.54, 1.807) is 55.4 Å². The summed E-state index contributed by atoms with van der Waals surface area (Å²) >= 11 is 0. The van der Waals surface area contributed by atoms with E-state index in [2.05, 4.69) is 0 Å². The highest BCUT2D eigenvalue weighted by Crippen LogP contribution is 2.27. The van der Waals surface area contributed by atoms with Gasteiger partial charge in [-0.25, -0.2) is 4.79 Å². The highest BCUT2D eigenvalue weighted by atomic mass is 16.6. The van der Waals surface area contributed by atoms with Gasteiger partial charge in [0, 0.05) is 0 Å². The summed E-state index contributed by atoms with van der Waals surface area (Å²) in [5.74, 6) is -2.07. The predicted molar refractivity (Wildman–Crippen MR) is 91.9 cm³/mol. The molecule has 146 valence electrons. The molecule has 0 heterocycles. The van der Waals surface area contributed by atoms with Crippen LogP contribution < -0.4 is 0 Å². The van der Waals surface area contributed by atoms with Crippen molar-refractivity contribution >= 4 is 17.9 Å². The van der Waals surface area contributed by atoms with Crippen LogP contribution in [0.3, 0.4) is 0 Å². The first-order valence-electron chi connectivity index (χ1n) is 8.65. The standard InChI is InChI=1S/C18H32O7/c1-11(2)22-15(19)9-18(25-14(7)8,17(21)24-13(5)6)10-16(20)23-12(3)4/h11-14H,9-10H2,1-8H3. The lowest BCUT2D eigenvalue weighted by Gasteiger charge is -2.33. The van der Waals surface area contributed by atoms with Gasteiger partial charge >= 0.3 is 17.9 Å². The maximum absolute atomic E-state index is 12.7. The average Bonchev–Trinajstić information content (AvgIpc) is 2.33. The maximum atomic E-state index is 12.7. The number of rotatable bonds is 10. The van der Waals surface area contributed by atoms with Crippen molar-refractivity contribution < 1.29 is 33.3 Å². The molecule has 0 atom stereocenters.